The van der Waals surface area contributed by atoms with Gasteiger partial charge in [-0.3, -0.25) is 0 Å². The molecule has 1 aromatic heterocycles. The standard InChI is InChI=1S/C19H18N2O4S/c1-24-15-11-7-13(8-12-15)17-21-19(18(25-17)20-14-9-10-14)26(22,23)16-5-3-2-4-6-16/h2-8,11-12,14,20H,9-10H2,1H3. The Labute approximate surface area is 151 Å². The molecule has 1 aliphatic rings. The SMILES string of the molecule is COc1ccc(-c2nc(S(=O)(=O)c3ccccc3)c(NC3CC3)o2)cc1. The van der Waals surface area contributed by atoms with E-state index >= 15 is 0 Å². The molecule has 1 heterocycles. The minimum absolute atomic E-state index is 0.0820. The summed E-state index contributed by atoms with van der Waals surface area (Å²) in [5, 5.41) is 3.06. The molecule has 0 amide bonds. The maximum atomic E-state index is 13.0. The molecule has 2 aromatic carbocycles. The Bertz CT molecular complexity index is 1010. The number of methoxy groups -OCH3 is 1. The summed E-state index contributed by atoms with van der Waals surface area (Å²) in [6.45, 7) is 0. The van der Waals surface area contributed by atoms with Gasteiger partial charge in [0.15, 0.2) is 0 Å². The molecule has 0 saturated heterocycles. The number of nitrogens with one attached hydrogen (secondary N) is 1. The number of oxazole rings is 1. The smallest absolute Gasteiger partial charge is 0.234 e. The first-order chi connectivity index (χ1) is 12.6. The van der Waals surface area contributed by atoms with Crippen molar-refractivity contribution in [1.82, 2.24) is 4.98 Å². The Morgan fingerprint density at radius 1 is 1.08 bits per heavy atom. The van der Waals surface area contributed by atoms with Crippen LogP contribution in [0.4, 0.5) is 5.88 Å². The van der Waals surface area contributed by atoms with Crippen molar-refractivity contribution in [2.24, 2.45) is 0 Å². The van der Waals surface area contributed by atoms with Crippen molar-refractivity contribution in [2.45, 2.75) is 28.8 Å². The van der Waals surface area contributed by atoms with Gasteiger partial charge in [-0.05, 0) is 49.2 Å². The fraction of sp³-hybridized carbons (Fsp3) is 0.211. The van der Waals surface area contributed by atoms with E-state index in [0.29, 0.717) is 11.3 Å². The van der Waals surface area contributed by atoms with Crippen molar-refractivity contribution in [3.05, 3.63) is 54.6 Å². The van der Waals surface area contributed by atoms with Crippen LogP contribution in [-0.2, 0) is 9.84 Å². The highest BCUT2D eigenvalue weighted by atomic mass is 32.2. The molecule has 134 valence electrons. The van der Waals surface area contributed by atoms with Gasteiger partial charge in [-0.15, -0.1) is 0 Å². The molecule has 6 nitrogen and oxygen atoms in total. The van der Waals surface area contributed by atoms with Crippen molar-refractivity contribution in [2.75, 3.05) is 12.4 Å². The average molecular weight is 370 g/mol. The zero-order valence-corrected chi connectivity index (χ0v) is 15.0. The van der Waals surface area contributed by atoms with Crippen LogP contribution >= 0.6 is 0 Å². The third-order valence-corrected chi connectivity index (χ3v) is 5.83. The Hall–Kier alpha value is -2.80. The van der Waals surface area contributed by atoms with Crippen molar-refractivity contribution in [3.8, 4) is 17.2 Å². The third-order valence-electron chi connectivity index (χ3n) is 4.15. The quantitative estimate of drug-likeness (QED) is 0.711. The van der Waals surface area contributed by atoms with Crippen molar-refractivity contribution >= 4 is 15.7 Å². The molecule has 7 heteroatoms. The molecule has 1 N–H and O–H groups in total. The second kappa shape index (κ2) is 6.49. The number of ether oxygens (including phenoxy) is 1. The number of rotatable bonds is 6. The highest BCUT2D eigenvalue weighted by molar-refractivity contribution is 7.91. The van der Waals surface area contributed by atoms with Gasteiger partial charge in [0.05, 0.1) is 12.0 Å². The summed E-state index contributed by atoms with van der Waals surface area (Å²) in [5.41, 5.74) is 0.680. The van der Waals surface area contributed by atoms with E-state index in [1.807, 2.05) is 0 Å². The van der Waals surface area contributed by atoms with Gasteiger partial charge in [-0.1, -0.05) is 18.2 Å². The van der Waals surface area contributed by atoms with Crippen LogP contribution in [0.15, 0.2) is 68.9 Å². The van der Waals surface area contributed by atoms with Crippen LogP contribution < -0.4 is 10.1 Å². The van der Waals surface area contributed by atoms with Gasteiger partial charge in [0.1, 0.15) is 5.75 Å². The molecule has 0 spiro atoms. The van der Waals surface area contributed by atoms with E-state index in [0.717, 1.165) is 12.8 Å². The monoisotopic (exact) mass is 370 g/mol. The first kappa shape index (κ1) is 16.7. The largest absolute Gasteiger partial charge is 0.497 e. The Balaban J connectivity index is 1.78. The van der Waals surface area contributed by atoms with E-state index in [2.05, 4.69) is 10.3 Å². The molecule has 3 aromatic rings. The highest BCUT2D eigenvalue weighted by Gasteiger charge is 2.32. The molecule has 0 radical (unpaired) electrons. The highest BCUT2D eigenvalue weighted by Crippen LogP contribution is 2.35. The molecule has 4 rings (SSSR count). The number of nitrogens with zero attached hydrogens (tertiary/aromatic N) is 1. The number of anilines is 1. The molecule has 0 aliphatic heterocycles. The number of hydrogen-bond acceptors (Lipinski definition) is 6. The van der Waals surface area contributed by atoms with Crippen LogP contribution in [0.5, 0.6) is 5.75 Å². The number of hydrogen-bond donors (Lipinski definition) is 1. The fourth-order valence-corrected chi connectivity index (χ4v) is 3.85. The molecule has 26 heavy (non-hydrogen) atoms. The van der Waals surface area contributed by atoms with E-state index < -0.39 is 9.84 Å². The second-order valence-electron chi connectivity index (χ2n) is 6.12. The fourth-order valence-electron chi connectivity index (χ4n) is 2.56. The van der Waals surface area contributed by atoms with Gasteiger partial charge >= 0.3 is 0 Å². The molecule has 0 bridgehead atoms. The number of aromatic nitrogens is 1. The Morgan fingerprint density at radius 3 is 2.38 bits per heavy atom. The van der Waals surface area contributed by atoms with E-state index in [4.69, 9.17) is 9.15 Å². The summed E-state index contributed by atoms with van der Waals surface area (Å²) in [5.74, 6) is 1.15. The van der Waals surface area contributed by atoms with Crippen molar-refractivity contribution in [3.63, 3.8) is 0 Å². The zero-order chi connectivity index (χ0) is 18.1. The van der Waals surface area contributed by atoms with Crippen LogP contribution in [0.2, 0.25) is 0 Å². The van der Waals surface area contributed by atoms with Crippen molar-refractivity contribution < 1.29 is 17.6 Å². The third kappa shape index (κ3) is 3.17. The first-order valence-corrected chi connectivity index (χ1v) is 9.78. The van der Waals surface area contributed by atoms with Gasteiger partial charge in [0, 0.05) is 11.6 Å². The summed E-state index contributed by atoms with van der Waals surface area (Å²) in [6.07, 6.45) is 1.98. The Kier molecular flexibility index (Phi) is 4.16. The lowest BCUT2D eigenvalue weighted by atomic mass is 10.2. The number of benzene rings is 2. The van der Waals surface area contributed by atoms with Crippen LogP contribution in [0.3, 0.4) is 0 Å². The van der Waals surface area contributed by atoms with Crippen LogP contribution in [0, 0.1) is 0 Å². The number of sulfone groups is 1. The molecule has 1 fully saturated rings. The minimum atomic E-state index is -3.78. The molecule has 0 atom stereocenters. The summed E-state index contributed by atoms with van der Waals surface area (Å²) in [7, 11) is -2.19. The molecular formula is C19H18N2O4S. The average Bonchev–Trinajstić information content (AvgIpc) is 3.38. The Morgan fingerprint density at radius 2 is 1.77 bits per heavy atom. The first-order valence-electron chi connectivity index (χ1n) is 8.30. The zero-order valence-electron chi connectivity index (χ0n) is 14.2. The lowest BCUT2D eigenvalue weighted by Gasteiger charge is -2.04. The van der Waals surface area contributed by atoms with Gasteiger partial charge in [-0.2, -0.15) is 4.98 Å². The lowest BCUT2D eigenvalue weighted by Crippen LogP contribution is -2.08. The van der Waals surface area contributed by atoms with Gasteiger partial charge < -0.3 is 14.5 Å². The van der Waals surface area contributed by atoms with Crippen molar-refractivity contribution in [1.29, 1.82) is 0 Å². The van der Waals surface area contributed by atoms with Crippen LogP contribution in [0.25, 0.3) is 11.5 Å². The lowest BCUT2D eigenvalue weighted by molar-refractivity contribution is 0.415. The van der Waals surface area contributed by atoms with E-state index in [9.17, 15) is 8.42 Å². The van der Waals surface area contributed by atoms with E-state index in [-0.39, 0.29) is 27.7 Å². The van der Waals surface area contributed by atoms with E-state index in [1.165, 1.54) is 0 Å². The maximum absolute atomic E-state index is 13.0. The van der Waals surface area contributed by atoms with Gasteiger partial charge in [0.2, 0.25) is 26.6 Å². The molecule has 1 aliphatic carbocycles. The predicted molar refractivity (Wildman–Crippen MR) is 97.0 cm³/mol. The van der Waals surface area contributed by atoms with Gasteiger partial charge in [-0.25, -0.2) is 8.42 Å². The summed E-state index contributed by atoms with van der Waals surface area (Å²) in [6, 6.07) is 15.6. The summed E-state index contributed by atoms with van der Waals surface area (Å²) >= 11 is 0. The minimum Gasteiger partial charge on any atom is -0.497 e. The van der Waals surface area contributed by atoms with Crippen LogP contribution in [-0.4, -0.2) is 26.6 Å². The van der Waals surface area contributed by atoms with E-state index in [1.54, 1.807) is 61.7 Å². The molecule has 1 saturated carbocycles. The topological polar surface area (TPSA) is 81.4 Å². The maximum Gasteiger partial charge on any atom is 0.234 e. The predicted octanol–water partition coefficient (Wildman–Crippen LogP) is 3.76. The normalized spacial score (nSPS) is 14.2. The summed E-state index contributed by atoms with van der Waals surface area (Å²) in [4.78, 5) is 4.50. The van der Waals surface area contributed by atoms with Crippen LogP contribution in [0.1, 0.15) is 12.8 Å². The molecule has 0 unspecified atom stereocenters. The molecular weight excluding hydrogens is 352 g/mol. The second-order valence-corrected chi connectivity index (χ2v) is 7.98. The summed E-state index contributed by atoms with van der Waals surface area (Å²) < 4.78 is 37.0. The van der Waals surface area contributed by atoms with Gasteiger partial charge in [0.25, 0.3) is 0 Å².